The SMILES string of the molecule is CCC=CCC=CCC=CCC=CC=CCCCC(=O)OCC(C)(C)C(OC1OC1c1ccccc1OC(=O)c1ccccc1OC(=O)c1cccnc1)C(=O)NCCC(=O)NC1NC1NC1NC1N(C)C. The van der Waals surface area contributed by atoms with Crippen LogP contribution in [0.5, 0.6) is 11.5 Å². The molecule has 4 heterocycles. The number of carbonyl (C=O) groups is 5. The predicted molar refractivity (Wildman–Crippen MR) is 272 cm³/mol. The maximum Gasteiger partial charge on any atom is 0.347 e. The minimum atomic E-state index is -1.21. The number of allylic oxidation sites excluding steroid dienone is 10. The monoisotopic (exact) mass is 988 g/mol. The summed E-state index contributed by atoms with van der Waals surface area (Å²) in [7, 11) is 3.97. The van der Waals surface area contributed by atoms with Crippen LogP contribution < -0.4 is 36.1 Å². The second-order valence-corrected chi connectivity index (χ2v) is 18.4. The van der Waals surface area contributed by atoms with Crippen LogP contribution in [0.15, 0.2) is 134 Å². The minimum Gasteiger partial charge on any atom is -0.465 e. The molecular weight excluding hydrogens is 919 g/mol. The lowest BCUT2D eigenvalue weighted by Crippen LogP contribution is -2.49. The molecule has 3 aliphatic rings. The van der Waals surface area contributed by atoms with E-state index in [1.165, 1.54) is 24.5 Å². The fourth-order valence-corrected chi connectivity index (χ4v) is 7.43. The van der Waals surface area contributed by atoms with Gasteiger partial charge in [-0.25, -0.2) is 9.59 Å². The number of unbranched alkanes of at least 4 members (excludes halogenated alkanes) is 1. The Balaban J connectivity index is 1.01. The van der Waals surface area contributed by atoms with Crippen molar-refractivity contribution in [1.29, 1.82) is 0 Å². The normalized spacial score (nSPS) is 20.9. The van der Waals surface area contributed by atoms with Crippen LogP contribution in [0.1, 0.15) is 105 Å². The number of epoxide rings is 1. The largest absolute Gasteiger partial charge is 0.465 e. The smallest absolute Gasteiger partial charge is 0.347 e. The highest BCUT2D eigenvalue weighted by molar-refractivity contribution is 5.97. The third-order valence-corrected chi connectivity index (χ3v) is 11.6. The molecule has 0 aliphatic carbocycles. The van der Waals surface area contributed by atoms with Crippen LogP contribution in [0.25, 0.3) is 0 Å². The number of hydrogen-bond donors (Lipinski definition) is 5. The van der Waals surface area contributed by atoms with Crippen LogP contribution in [0, 0.1) is 5.41 Å². The average Bonchev–Trinajstić information content (AvgIpc) is 4.31. The Hall–Kier alpha value is -6.60. The van der Waals surface area contributed by atoms with Crippen molar-refractivity contribution in [1.82, 2.24) is 36.5 Å². The van der Waals surface area contributed by atoms with Gasteiger partial charge in [0.1, 0.15) is 35.4 Å². The van der Waals surface area contributed by atoms with E-state index in [1.54, 1.807) is 62.4 Å². The number of nitrogens with one attached hydrogen (secondary N) is 5. The molecule has 17 nitrogen and oxygen atoms in total. The zero-order valence-corrected chi connectivity index (χ0v) is 41.8. The summed E-state index contributed by atoms with van der Waals surface area (Å²) < 4.78 is 29.5. The van der Waals surface area contributed by atoms with Crippen molar-refractivity contribution in [3.8, 4) is 11.5 Å². The summed E-state index contributed by atoms with van der Waals surface area (Å²) >= 11 is 0. The van der Waals surface area contributed by atoms with Crippen LogP contribution >= 0.6 is 0 Å². The summed E-state index contributed by atoms with van der Waals surface area (Å²) in [6, 6.07) is 16.1. The Morgan fingerprint density at radius 1 is 0.792 bits per heavy atom. The van der Waals surface area contributed by atoms with Crippen molar-refractivity contribution in [3.63, 3.8) is 0 Å². The van der Waals surface area contributed by atoms with Gasteiger partial charge in [-0.1, -0.05) is 112 Å². The van der Waals surface area contributed by atoms with E-state index in [0.29, 0.717) is 18.4 Å². The van der Waals surface area contributed by atoms with Gasteiger partial charge in [-0.2, -0.15) is 0 Å². The minimum absolute atomic E-state index is 0.00336. The van der Waals surface area contributed by atoms with E-state index >= 15 is 0 Å². The quantitative estimate of drug-likeness (QED) is 0.0117. The van der Waals surface area contributed by atoms with Gasteiger partial charge in [-0.15, -0.1) is 0 Å². The average molecular weight is 988 g/mol. The topological polar surface area (TPSA) is 231 Å². The number of hydrogen-bond acceptors (Lipinski definition) is 15. The first-order valence-corrected chi connectivity index (χ1v) is 24.6. The molecule has 384 valence electrons. The third kappa shape index (κ3) is 17.9. The van der Waals surface area contributed by atoms with E-state index in [4.69, 9.17) is 23.7 Å². The van der Waals surface area contributed by atoms with Crippen molar-refractivity contribution in [3.05, 3.63) is 151 Å². The molecule has 1 aromatic heterocycles. The first-order chi connectivity index (χ1) is 34.8. The lowest BCUT2D eigenvalue weighted by Gasteiger charge is -2.32. The fourth-order valence-electron chi connectivity index (χ4n) is 7.43. The van der Waals surface area contributed by atoms with E-state index in [9.17, 15) is 24.0 Å². The van der Waals surface area contributed by atoms with Crippen molar-refractivity contribution >= 4 is 29.7 Å². The number of esters is 3. The van der Waals surface area contributed by atoms with Gasteiger partial charge >= 0.3 is 17.9 Å². The van der Waals surface area contributed by atoms with E-state index in [0.717, 1.165) is 25.7 Å². The number of benzene rings is 2. The number of ether oxygens (including phenoxy) is 5. The molecule has 0 saturated carbocycles. The molecule has 3 aromatic rings. The standard InChI is InChI=1S/C55H69N7O10/c1-6-7-8-9-10-11-12-13-14-15-16-17-18-19-20-21-32-44(64)68-37-55(2,3)46(51(65)57-35-33-43(63)58-47-48(59-47)60-49-50(61-49)62(4)5)72-54-45(71-54)39-28-22-24-30-41(39)70-53(67)40-29-23-25-31-42(40)69-52(66)38-27-26-34-56-36-38/h7-8,10-11,13-14,16-19,22-31,34,36,45-50,54,59-61H,6,9,12,15,20-21,32-33,35,37H2,1-5H3,(H,57,65)(H,58,63). The molecule has 6 rings (SSSR count). The highest BCUT2D eigenvalue weighted by Crippen LogP contribution is 2.45. The number of nitrogens with zero attached hydrogens (tertiary/aromatic N) is 2. The first kappa shape index (κ1) is 54.7. The molecule has 0 radical (unpaired) electrons. The Bertz CT molecular complexity index is 2440. The number of rotatable bonds is 30. The van der Waals surface area contributed by atoms with Crippen LogP contribution in [0.2, 0.25) is 0 Å². The van der Waals surface area contributed by atoms with Gasteiger partial charge in [0.2, 0.25) is 11.8 Å². The Labute approximate surface area is 422 Å². The molecule has 72 heavy (non-hydrogen) atoms. The van der Waals surface area contributed by atoms with Crippen LogP contribution in [0.4, 0.5) is 0 Å². The van der Waals surface area contributed by atoms with Crippen molar-refractivity contribution in [2.45, 2.75) is 115 Å². The van der Waals surface area contributed by atoms with Gasteiger partial charge in [-0.05, 0) is 83.0 Å². The van der Waals surface area contributed by atoms with Crippen molar-refractivity contribution < 1.29 is 47.7 Å². The number of para-hydroxylation sites is 2. The summed E-state index contributed by atoms with van der Waals surface area (Å²) in [5, 5.41) is 15.6. The van der Waals surface area contributed by atoms with Gasteiger partial charge in [0.25, 0.3) is 0 Å². The molecule has 2 amide bonds. The Kier molecular flexibility index (Phi) is 21.2. The molecule has 3 fully saturated rings. The van der Waals surface area contributed by atoms with Crippen LogP contribution in [0.3, 0.4) is 0 Å². The highest BCUT2D eigenvalue weighted by atomic mass is 16.8. The summed E-state index contributed by atoms with van der Waals surface area (Å²) in [5.41, 5.74) is -0.390. The lowest BCUT2D eigenvalue weighted by molar-refractivity contribution is -0.161. The number of likely N-dealkylation sites (N-methyl/N-ethyl adjacent to an activating group) is 1. The van der Waals surface area contributed by atoms with Gasteiger partial charge < -0.3 is 34.3 Å². The zero-order valence-electron chi connectivity index (χ0n) is 41.8. The van der Waals surface area contributed by atoms with Gasteiger partial charge in [-0.3, -0.25) is 40.2 Å². The summed E-state index contributed by atoms with van der Waals surface area (Å²) in [6.45, 7) is 5.49. The van der Waals surface area contributed by atoms with Gasteiger partial charge in [0.15, 0.2) is 6.29 Å². The summed E-state index contributed by atoms with van der Waals surface area (Å²) in [4.78, 5) is 72.3. The number of aromatic nitrogens is 1. The molecular formula is C55H69N7O10. The van der Waals surface area contributed by atoms with Gasteiger partial charge in [0.05, 0.1) is 30.7 Å². The molecule has 7 unspecified atom stereocenters. The molecule has 0 spiro atoms. The molecule has 3 aliphatic heterocycles. The van der Waals surface area contributed by atoms with E-state index in [2.05, 4.69) is 85.9 Å². The predicted octanol–water partition coefficient (Wildman–Crippen LogP) is 6.69. The van der Waals surface area contributed by atoms with Crippen LogP contribution in [-0.4, -0.2) is 104 Å². The van der Waals surface area contributed by atoms with Crippen LogP contribution in [-0.2, 0) is 28.6 Å². The summed E-state index contributed by atoms with van der Waals surface area (Å²) in [6.07, 6.45) is 26.2. The Morgan fingerprint density at radius 3 is 2.21 bits per heavy atom. The second kappa shape index (κ2) is 27.9. The zero-order chi connectivity index (χ0) is 51.3. The number of carbonyl (C=O) groups excluding carboxylic acids is 5. The molecule has 2 aromatic carbocycles. The molecule has 3 saturated heterocycles. The van der Waals surface area contributed by atoms with Gasteiger partial charge in [0, 0.05) is 42.8 Å². The number of pyridine rings is 1. The molecule has 17 heteroatoms. The van der Waals surface area contributed by atoms with E-state index in [-0.39, 0.29) is 79.2 Å². The molecule has 0 bridgehead atoms. The van der Waals surface area contributed by atoms with Crippen molar-refractivity contribution in [2.24, 2.45) is 5.41 Å². The third-order valence-electron chi connectivity index (χ3n) is 11.6. The first-order valence-electron chi connectivity index (χ1n) is 24.6. The fraction of sp³-hybridized carbons (Fsp3) is 0.418. The summed E-state index contributed by atoms with van der Waals surface area (Å²) in [5.74, 6) is -2.53. The maximum absolute atomic E-state index is 14.0. The second-order valence-electron chi connectivity index (χ2n) is 18.4. The Morgan fingerprint density at radius 2 is 1.49 bits per heavy atom. The maximum atomic E-state index is 14.0. The number of amides is 2. The van der Waals surface area contributed by atoms with Crippen molar-refractivity contribution in [2.75, 3.05) is 27.2 Å². The highest BCUT2D eigenvalue weighted by Gasteiger charge is 2.50. The van der Waals surface area contributed by atoms with E-state index in [1.807, 2.05) is 32.3 Å². The molecule has 5 N–H and O–H groups in total. The molecule has 7 atom stereocenters. The lowest BCUT2D eigenvalue weighted by atomic mass is 9.86. The van der Waals surface area contributed by atoms with E-state index < -0.39 is 47.7 Å².